The highest BCUT2D eigenvalue weighted by Crippen LogP contribution is 2.54. The van der Waals surface area contributed by atoms with Gasteiger partial charge in [0, 0.05) is 21.2 Å². The summed E-state index contributed by atoms with van der Waals surface area (Å²) in [6.07, 6.45) is 0. The maximum atomic E-state index is 3.91. The van der Waals surface area contributed by atoms with Gasteiger partial charge in [-0.3, -0.25) is 0 Å². The van der Waals surface area contributed by atoms with Gasteiger partial charge in [-0.25, -0.2) is 0 Å². The lowest BCUT2D eigenvalue weighted by atomic mass is 9.65. The van der Waals surface area contributed by atoms with Gasteiger partial charge in [0.05, 0.1) is 0 Å². The summed E-state index contributed by atoms with van der Waals surface area (Å²) in [4.78, 5) is 0. The lowest BCUT2D eigenvalue weighted by Crippen LogP contribution is -2.47. The van der Waals surface area contributed by atoms with E-state index in [0.717, 1.165) is 15.8 Å². The zero-order chi connectivity index (χ0) is 37.2. The number of hydrogen-bond donors (Lipinski definition) is 2. The van der Waals surface area contributed by atoms with E-state index < -0.39 is 0 Å². The van der Waals surface area contributed by atoms with Gasteiger partial charge in [-0.2, -0.15) is 0 Å². The van der Waals surface area contributed by atoms with Crippen molar-refractivity contribution in [2.45, 2.75) is 0 Å². The Labute approximate surface area is 334 Å². The Morgan fingerprint density at radius 3 is 1.25 bits per heavy atom. The van der Waals surface area contributed by atoms with Crippen LogP contribution in [0.25, 0.3) is 87.6 Å². The Bertz CT molecular complexity index is 3090. The molecule has 0 fully saturated rings. The third-order valence-electron chi connectivity index (χ3n) is 11.4. The molecule has 0 amide bonds. The van der Waals surface area contributed by atoms with Crippen LogP contribution >= 0.6 is 15.9 Å². The topological polar surface area (TPSA) is 24.1 Å². The van der Waals surface area contributed by atoms with Crippen LogP contribution in [0.4, 0.5) is 11.4 Å². The summed E-state index contributed by atoms with van der Waals surface area (Å²) in [7, 11) is 0. The number of hydrogen-bond acceptors (Lipinski definition) is 2. The van der Waals surface area contributed by atoms with Crippen molar-refractivity contribution in [1.29, 1.82) is 0 Å². The van der Waals surface area contributed by atoms with Crippen molar-refractivity contribution in [3.8, 4) is 44.5 Å². The third-order valence-corrected chi connectivity index (χ3v) is 11.9. The van der Waals surface area contributed by atoms with Crippen molar-refractivity contribution >= 4 is 82.8 Å². The first-order valence-electron chi connectivity index (χ1n) is 19.2. The summed E-state index contributed by atoms with van der Waals surface area (Å²) in [5.41, 5.74) is 13.1. The molecule has 1 heterocycles. The summed E-state index contributed by atoms with van der Waals surface area (Å²) < 4.78 is 1.05. The van der Waals surface area contributed by atoms with Gasteiger partial charge in [-0.15, -0.1) is 0 Å². The highest BCUT2D eigenvalue weighted by atomic mass is 79.9. The van der Waals surface area contributed by atoms with Gasteiger partial charge in [-0.05, 0) is 112 Å². The van der Waals surface area contributed by atoms with Gasteiger partial charge >= 0.3 is 6.98 Å². The van der Waals surface area contributed by atoms with E-state index in [0.29, 0.717) is 0 Å². The lowest BCUT2D eigenvalue weighted by molar-refractivity contribution is 1.57. The Hall–Kier alpha value is -6.62. The van der Waals surface area contributed by atoms with E-state index in [4.69, 9.17) is 0 Å². The fourth-order valence-electron chi connectivity index (χ4n) is 9.10. The Morgan fingerprint density at radius 2 is 0.768 bits per heavy atom. The fourth-order valence-corrected chi connectivity index (χ4v) is 9.46. The largest absolute Gasteiger partial charge is 0.406 e. The Morgan fingerprint density at radius 1 is 0.339 bits per heavy atom. The molecule has 56 heavy (non-hydrogen) atoms. The number of nitrogens with one attached hydrogen (secondary N) is 2. The summed E-state index contributed by atoms with van der Waals surface area (Å²) in [6, 6.07) is 70.9. The van der Waals surface area contributed by atoms with Crippen molar-refractivity contribution in [3.63, 3.8) is 0 Å². The number of fused-ring (bicyclic) bond motifs is 6. The van der Waals surface area contributed by atoms with Crippen LogP contribution in [-0.4, -0.2) is 6.98 Å². The minimum Gasteiger partial charge on any atom is -0.405 e. The minimum absolute atomic E-state index is 0.124. The van der Waals surface area contributed by atoms with Crippen molar-refractivity contribution < 1.29 is 0 Å². The van der Waals surface area contributed by atoms with E-state index >= 15 is 0 Å². The van der Waals surface area contributed by atoms with Crippen molar-refractivity contribution in [3.05, 3.63) is 199 Å². The van der Waals surface area contributed by atoms with E-state index in [1.165, 1.54) is 93.1 Å². The predicted molar refractivity (Wildman–Crippen MR) is 245 cm³/mol. The van der Waals surface area contributed by atoms with Crippen LogP contribution in [0.15, 0.2) is 199 Å². The summed E-state index contributed by atoms with van der Waals surface area (Å²) >= 11 is 3.91. The van der Waals surface area contributed by atoms with E-state index in [9.17, 15) is 0 Å². The molecule has 0 radical (unpaired) electrons. The van der Waals surface area contributed by atoms with Crippen LogP contribution in [0, 0.1) is 0 Å². The second kappa shape index (κ2) is 13.3. The molecule has 2 N–H and O–H groups in total. The molecule has 11 rings (SSSR count). The molecule has 0 saturated heterocycles. The predicted octanol–water partition coefficient (Wildman–Crippen LogP) is 14.0. The van der Waals surface area contributed by atoms with Crippen LogP contribution in [-0.2, 0) is 0 Å². The second-order valence-corrected chi connectivity index (χ2v) is 15.6. The average molecular weight is 778 g/mol. The van der Waals surface area contributed by atoms with E-state index in [1.54, 1.807) is 0 Å². The van der Waals surface area contributed by atoms with Crippen molar-refractivity contribution in [1.82, 2.24) is 0 Å². The first-order valence-corrected chi connectivity index (χ1v) is 20.0. The molecule has 0 atom stereocenters. The van der Waals surface area contributed by atoms with Gasteiger partial charge in [0.25, 0.3) is 0 Å². The molecule has 0 aliphatic carbocycles. The van der Waals surface area contributed by atoms with Crippen LogP contribution in [0.5, 0.6) is 0 Å². The standard InChI is InChI=1S/C52H34BBrN2/c54-39-28-30-41-40-29-27-38(53-55-44-25-13-23-33-24-14-26-45(56-53)46(33)44)31-42(40)51-49(36-19-9-3-10-20-36)47(34-15-5-1-6-16-34)48(35-17-7-2-8-18-35)50(52(51)43(41)32-39)37-21-11-4-12-22-37/h1-32,55-56H. The highest BCUT2D eigenvalue weighted by molar-refractivity contribution is 9.10. The summed E-state index contributed by atoms with van der Waals surface area (Å²) in [5, 5.41) is 17.6. The van der Waals surface area contributed by atoms with Crippen LogP contribution in [0.2, 0.25) is 0 Å². The van der Waals surface area contributed by atoms with Crippen molar-refractivity contribution in [2.75, 3.05) is 10.5 Å². The second-order valence-electron chi connectivity index (χ2n) is 14.6. The molecule has 0 unspecified atom stereocenters. The average Bonchev–Trinajstić information content (AvgIpc) is 3.26. The monoisotopic (exact) mass is 776 g/mol. The minimum atomic E-state index is -0.124. The molecule has 2 nitrogen and oxygen atoms in total. The lowest BCUT2D eigenvalue weighted by Gasteiger charge is -2.28. The number of anilines is 2. The van der Waals surface area contributed by atoms with Gasteiger partial charge in [-0.1, -0.05) is 186 Å². The van der Waals surface area contributed by atoms with Gasteiger partial charge < -0.3 is 10.5 Å². The van der Waals surface area contributed by atoms with Gasteiger partial charge in [0.15, 0.2) is 0 Å². The zero-order valence-corrected chi connectivity index (χ0v) is 32.0. The van der Waals surface area contributed by atoms with Crippen LogP contribution in [0.1, 0.15) is 0 Å². The SMILES string of the molecule is Brc1ccc2c3ccc(B4Nc5cccc6cccc(c56)N4)cc3c3c(-c4ccccc4)c(-c4ccccc4)c(-c4ccccc4)c(-c4ccccc4)c3c2c1. The summed E-state index contributed by atoms with van der Waals surface area (Å²) in [5.74, 6) is 0. The molecule has 4 heteroatoms. The fraction of sp³-hybridized carbons (Fsp3) is 0. The molecule has 0 spiro atoms. The van der Waals surface area contributed by atoms with E-state index in [1.807, 2.05) is 0 Å². The first-order chi connectivity index (χ1) is 27.7. The maximum absolute atomic E-state index is 3.91. The molecule has 10 aromatic carbocycles. The summed E-state index contributed by atoms with van der Waals surface area (Å²) in [6.45, 7) is -0.124. The third kappa shape index (κ3) is 5.25. The highest BCUT2D eigenvalue weighted by Gasteiger charge is 2.29. The molecule has 0 aromatic heterocycles. The Balaban J connectivity index is 1.36. The molecular formula is C52H34BBrN2. The van der Waals surface area contributed by atoms with Gasteiger partial charge in [0.2, 0.25) is 0 Å². The molecule has 1 aliphatic heterocycles. The molecule has 0 bridgehead atoms. The molecule has 262 valence electrons. The first kappa shape index (κ1) is 32.8. The quantitative estimate of drug-likeness (QED) is 0.134. The number of benzene rings is 10. The van der Waals surface area contributed by atoms with Crippen molar-refractivity contribution in [2.24, 2.45) is 0 Å². The number of rotatable bonds is 5. The van der Waals surface area contributed by atoms with E-state index in [-0.39, 0.29) is 6.98 Å². The Kier molecular flexibility index (Phi) is 7.79. The number of halogens is 1. The van der Waals surface area contributed by atoms with Gasteiger partial charge in [0.1, 0.15) is 0 Å². The molecule has 10 aromatic rings. The molecule has 1 aliphatic rings. The maximum Gasteiger partial charge on any atom is 0.406 e. The van der Waals surface area contributed by atoms with E-state index in [2.05, 4.69) is 221 Å². The molecular weight excluding hydrogens is 743 g/mol. The smallest absolute Gasteiger partial charge is 0.405 e. The zero-order valence-electron chi connectivity index (χ0n) is 30.4. The van der Waals surface area contributed by atoms with Crippen LogP contribution in [0.3, 0.4) is 0 Å². The van der Waals surface area contributed by atoms with Crippen LogP contribution < -0.4 is 15.9 Å². The normalized spacial score (nSPS) is 12.3. The molecule has 0 saturated carbocycles.